The van der Waals surface area contributed by atoms with E-state index in [9.17, 15) is 0 Å². The molecule has 5 nitrogen and oxygen atoms in total. The van der Waals surface area contributed by atoms with Crippen molar-refractivity contribution in [3.8, 4) is 45.3 Å². The molecule has 7 aromatic carbocycles. The van der Waals surface area contributed by atoms with E-state index in [-0.39, 0.29) is 10.8 Å². The van der Waals surface area contributed by atoms with Gasteiger partial charge in [0.25, 0.3) is 0 Å². The van der Waals surface area contributed by atoms with Crippen LogP contribution in [0.15, 0.2) is 148 Å². The Balaban J connectivity index is 1.05. The van der Waals surface area contributed by atoms with Gasteiger partial charge in [0.15, 0.2) is 17.5 Å². The summed E-state index contributed by atoms with van der Waals surface area (Å²) < 4.78 is 12.8. The van der Waals surface area contributed by atoms with E-state index in [1.807, 2.05) is 30.3 Å². The summed E-state index contributed by atoms with van der Waals surface area (Å²) in [4.78, 5) is 15.4. The van der Waals surface area contributed by atoms with E-state index in [0.717, 1.165) is 66.0 Å². The first-order chi connectivity index (χ1) is 27.2. The molecule has 11 rings (SSSR count). The van der Waals surface area contributed by atoms with E-state index < -0.39 is 0 Å². The minimum Gasteiger partial charge on any atom is -0.456 e. The minimum atomic E-state index is 0.144. The van der Waals surface area contributed by atoms with Gasteiger partial charge < -0.3 is 8.83 Å². The second-order valence-electron chi connectivity index (χ2n) is 16.7. The van der Waals surface area contributed by atoms with Crippen molar-refractivity contribution in [3.63, 3.8) is 0 Å². The van der Waals surface area contributed by atoms with Crippen LogP contribution in [-0.4, -0.2) is 15.0 Å². The van der Waals surface area contributed by atoms with Crippen LogP contribution < -0.4 is 0 Å². The zero-order valence-electron chi connectivity index (χ0n) is 31.9. The largest absolute Gasteiger partial charge is 0.456 e. The number of rotatable bonds is 4. The molecule has 0 radical (unpaired) electrons. The zero-order valence-corrected chi connectivity index (χ0v) is 31.9. The molecule has 3 aromatic heterocycles. The molecule has 0 saturated heterocycles. The fourth-order valence-electron chi connectivity index (χ4n) is 8.91. The van der Waals surface area contributed by atoms with E-state index in [4.69, 9.17) is 23.8 Å². The van der Waals surface area contributed by atoms with Crippen molar-refractivity contribution >= 4 is 54.6 Å². The Labute approximate surface area is 324 Å². The molecule has 0 spiro atoms. The Morgan fingerprint density at radius 3 is 1.89 bits per heavy atom. The number of para-hydroxylation sites is 1. The summed E-state index contributed by atoms with van der Waals surface area (Å²) >= 11 is 0. The number of furan rings is 2. The van der Waals surface area contributed by atoms with Crippen LogP contribution in [0.4, 0.5) is 0 Å². The lowest BCUT2D eigenvalue weighted by Crippen LogP contribution is -2.33. The molecular formula is C51H39N3O2. The normalized spacial score (nSPS) is 14.9. The van der Waals surface area contributed by atoms with Crippen molar-refractivity contribution in [2.75, 3.05) is 0 Å². The van der Waals surface area contributed by atoms with E-state index in [0.29, 0.717) is 17.5 Å². The second-order valence-corrected chi connectivity index (χ2v) is 16.7. The number of nitrogens with zero attached hydrogens (tertiary/aromatic N) is 3. The first-order valence-electron chi connectivity index (χ1n) is 19.5. The highest BCUT2D eigenvalue weighted by molar-refractivity contribution is 6.12. The third kappa shape index (κ3) is 5.18. The highest BCUT2D eigenvalue weighted by atomic mass is 16.3. The molecule has 10 aromatic rings. The highest BCUT2D eigenvalue weighted by Gasteiger charge is 2.37. The first kappa shape index (κ1) is 32.8. The number of benzene rings is 7. The molecule has 0 atom stereocenters. The lowest BCUT2D eigenvalue weighted by molar-refractivity contribution is 0.332. The summed E-state index contributed by atoms with van der Waals surface area (Å²) in [5, 5.41) is 6.45. The quantitative estimate of drug-likeness (QED) is 0.181. The van der Waals surface area contributed by atoms with Gasteiger partial charge in [0.05, 0.1) is 0 Å². The first-order valence-corrected chi connectivity index (χ1v) is 19.5. The van der Waals surface area contributed by atoms with Gasteiger partial charge in [0.1, 0.15) is 22.3 Å². The van der Waals surface area contributed by atoms with Crippen LogP contribution in [0, 0.1) is 0 Å². The lowest BCUT2D eigenvalue weighted by atomic mass is 9.63. The molecule has 3 heterocycles. The van der Waals surface area contributed by atoms with Crippen LogP contribution in [0.3, 0.4) is 0 Å². The highest BCUT2D eigenvalue weighted by Crippen LogP contribution is 2.47. The predicted octanol–water partition coefficient (Wildman–Crippen LogP) is 13.8. The SMILES string of the molecule is CC1(C)CCC(C)(C)c2cc(-c3ccc4oc5cc(-c6nc(-c7ccc8ccccc8c7)nc(-c7cccc8oc9ccccc9c78)n6)ccc5c4c3)ccc21. The number of fused-ring (bicyclic) bond motifs is 8. The molecule has 0 aliphatic heterocycles. The molecule has 0 bridgehead atoms. The fourth-order valence-corrected chi connectivity index (χ4v) is 8.91. The van der Waals surface area contributed by atoms with Gasteiger partial charge in [0, 0.05) is 38.2 Å². The van der Waals surface area contributed by atoms with Gasteiger partial charge >= 0.3 is 0 Å². The molecule has 0 unspecified atom stereocenters. The average molecular weight is 726 g/mol. The van der Waals surface area contributed by atoms with Crippen LogP contribution in [0.1, 0.15) is 51.7 Å². The van der Waals surface area contributed by atoms with Crippen molar-refractivity contribution in [1.82, 2.24) is 15.0 Å². The molecule has 0 fully saturated rings. The van der Waals surface area contributed by atoms with Gasteiger partial charge in [-0.25, -0.2) is 15.0 Å². The van der Waals surface area contributed by atoms with Crippen molar-refractivity contribution in [2.45, 2.75) is 51.4 Å². The molecule has 0 N–H and O–H groups in total. The summed E-state index contributed by atoms with van der Waals surface area (Å²) in [6.07, 6.45) is 2.39. The summed E-state index contributed by atoms with van der Waals surface area (Å²) in [5.41, 5.74) is 11.6. The van der Waals surface area contributed by atoms with Gasteiger partial charge in [-0.1, -0.05) is 125 Å². The number of hydrogen-bond donors (Lipinski definition) is 0. The van der Waals surface area contributed by atoms with E-state index in [2.05, 4.69) is 137 Å². The van der Waals surface area contributed by atoms with Crippen molar-refractivity contribution < 1.29 is 8.83 Å². The molecule has 1 aliphatic rings. The lowest BCUT2D eigenvalue weighted by Gasteiger charge is -2.42. The fraction of sp³-hybridized carbons (Fsp3) is 0.157. The predicted molar refractivity (Wildman–Crippen MR) is 229 cm³/mol. The standard InChI is InChI=1S/C51H39N3O2/c1-50(2)24-25-51(3,4)41-28-33(19-22-40(41)50)32-20-23-43-39(27-32)36-21-18-35(29-45(36)56-43)48-52-47(34-17-16-30-10-5-6-11-31(30)26-34)53-49(54-48)38-13-9-15-44-46(38)37-12-7-8-14-42(37)55-44/h5-23,26-29H,24-25H2,1-4H3. The molecule has 0 amide bonds. The Bertz CT molecular complexity index is 3220. The van der Waals surface area contributed by atoms with Crippen molar-refractivity contribution in [1.29, 1.82) is 0 Å². The maximum absolute atomic E-state index is 6.55. The Kier molecular flexibility index (Phi) is 7.00. The molecule has 5 heteroatoms. The zero-order chi connectivity index (χ0) is 37.8. The third-order valence-corrected chi connectivity index (χ3v) is 12.2. The smallest absolute Gasteiger partial charge is 0.164 e. The van der Waals surface area contributed by atoms with Crippen LogP contribution in [0.25, 0.3) is 99.9 Å². The van der Waals surface area contributed by atoms with Gasteiger partial charge in [-0.3, -0.25) is 0 Å². The summed E-state index contributed by atoms with van der Waals surface area (Å²) in [5.74, 6) is 1.76. The summed E-state index contributed by atoms with van der Waals surface area (Å²) in [6, 6.07) is 48.8. The molecular weight excluding hydrogens is 687 g/mol. The number of aromatic nitrogens is 3. The Morgan fingerprint density at radius 1 is 0.411 bits per heavy atom. The van der Waals surface area contributed by atoms with E-state index >= 15 is 0 Å². The maximum atomic E-state index is 6.55. The van der Waals surface area contributed by atoms with Gasteiger partial charge in [0.2, 0.25) is 0 Å². The molecule has 1 aliphatic carbocycles. The van der Waals surface area contributed by atoms with Gasteiger partial charge in [-0.2, -0.15) is 0 Å². The van der Waals surface area contributed by atoms with Crippen LogP contribution in [0.2, 0.25) is 0 Å². The van der Waals surface area contributed by atoms with E-state index in [1.54, 1.807) is 0 Å². The van der Waals surface area contributed by atoms with Crippen LogP contribution in [0.5, 0.6) is 0 Å². The van der Waals surface area contributed by atoms with Gasteiger partial charge in [-0.15, -0.1) is 0 Å². The van der Waals surface area contributed by atoms with Crippen molar-refractivity contribution in [3.05, 3.63) is 151 Å². The Hall–Kier alpha value is -6.59. The Morgan fingerprint density at radius 2 is 1.04 bits per heavy atom. The second kappa shape index (κ2) is 12.0. The molecule has 0 saturated carbocycles. The third-order valence-electron chi connectivity index (χ3n) is 12.2. The van der Waals surface area contributed by atoms with Crippen LogP contribution >= 0.6 is 0 Å². The van der Waals surface area contributed by atoms with Crippen molar-refractivity contribution in [2.24, 2.45) is 0 Å². The minimum absolute atomic E-state index is 0.144. The monoisotopic (exact) mass is 725 g/mol. The topological polar surface area (TPSA) is 65.0 Å². The maximum Gasteiger partial charge on any atom is 0.164 e. The molecule has 56 heavy (non-hydrogen) atoms. The average Bonchev–Trinajstić information content (AvgIpc) is 3.80. The summed E-state index contributed by atoms with van der Waals surface area (Å²) in [6.45, 7) is 9.52. The number of hydrogen-bond acceptors (Lipinski definition) is 5. The van der Waals surface area contributed by atoms with E-state index in [1.165, 1.54) is 40.5 Å². The van der Waals surface area contributed by atoms with Gasteiger partial charge in [-0.05, 0) is 99.2 Å². The summed E-state index contributed by atoms with van der Waals surface area (Å²) in [7, 11) is 0. The molecule has 270 valence electrons. The van der Waals surface area contributed by atoms with Crippen LogP contribution in [-0.2, 0) is 10.8 Å².